The van der Waals surface area contributed by atoms with Crippen LogP contribution >= 0.6 is 0 Å². The molecule has 2 nitrogen and oxygen atoms in total. The van der Waals surface area contributed by atoms with Gasteiger partial charge in [-0.25, -0.2) is 0 Å². The summed E-state index contributed by atoms with van der Waals surface area (Å²) in [5, 5.41) is 0. The average Bonchev–Trinajstić information content (AvgIpc) is 2.24. The van der Waals surface area contributed by atoms with Crippen molar-refractivity contribution in [2.24, 2.45) is 11.1 Å². The zero-order valence-corrected chi connectivity index (χ0v) is 8.42. The van der Waals surface area contributed by atoms with Gasteiger partial charge in [-0.1, -0.05) is 31.2 Å². The van der Waals surface area contributed by atoms with Crippen molar-refractivity contribution in [1.29, 1.82) is 0 Å². The van der Waals surface area contributed by atoms with Gasteiger partial charge < -0.3 is 5.73 Å². The van der Waals surface area contributed by atoms with E-state index in [0.717, 1.165) is 18.4 Å². The van der Waals surface area contributed by atoms with E-state index in [1.54, 1.807) is 0 Å². The number of fused-ring (bicyclic) bond motifs is 1. The normalized spacial score (nSPS) is 26.0. The summed E-state index contributed by atoms with van der Waals surface area (Å²) in [6.07, 6.45) is 1.84. The summed E-state index contributed by atoms with van der Waals surface area (Å²) in [5.74, 6) is 0.210. The number of carbonyl (C=O) groups is 1. The second kappa shape index (κ2) is 3.21. The molecule has 0 amide bonds. The topological polar surface area (TPSA) is 43.1 Å². The van der Waals surface area contributed by atoms with Gasteiger partial charge in [0.05, 0.1) is 0 Å². The Hall–Kier alpha value is -1.15. The van der Waals surface area contributed by atoms with Crippen molar-refractivity contribution in [2.75, 3.05) is 6.54 Å². The molecule has 2 N–H and O–H groups in total. The van der Waals surface area contributed by atoms with Crippen LogP contribution in [0.2, 0.25) is 0 Å². The van der Waals surface area contributed by atoms with Gasteiger partial charge >= 0.3 is 0 Å². The summed E-state index contributed by atoms with van der Waals surface area (Å²) in [7, 11) is 0. The summed E-state index contributed by atoms with van der Waals surface area (Å²) in [5.41, 5.74) is 7.36. The van der Waals surface area contributed by atoms with E-state index in [4.69, 9.17) is 5.73 Å². The first-order chi connectivity index (χ1) is 6.67. The van der Waals surface area contributed by atoms with Gasteiger partial charge in [-0.05, 0) is 18.4 Å². The van der Waals surface area contributed by atoms with Crippen LogP contribution in [0, 0.1) is 5.41 Å². The van der Waals surface area contributed by atoms with Crippen molar-refractivity contribution in [1.82, 2.24) is 0 Å². The molecule has 1 aliphatic rings. The van der Waals surface area contributed by atoms with Crippen molar-refractivity contribution < 1.29 is 4.79 Å². The zero-order chi connectivity index (χ0) is 10.2. The molecule has 14 heavy (non-hydrogen) atoms. The van der Waals surface area contributed by atoms with Crippen molar-refractivity contribution in [3.05, 3.63) is 35.4 Å². The highest BCUT2D eigenvalue weighted by molar-refractivity contribution is 6.02. The Balaban J connectivity index is 2.46. The first-order valence-electron chi connectivity index (χ1n) is 5.00. The monoisotopic (exact) mass is 189 g/mol. The van der Waals surface area contributed by atoms with Gasteiger partial charge in [-0.2, -0.15) is 0 Å². The maximum Gasteiger partial charge on any atom is 0.170 e. The average molecular weight is 189 g/mol. The van der Waals surface area contributed by atoms with Crippen LogP contribution in [0.25, 0.3) is 0 Å². The van der Waals surface area contributed by atoms with E-state index in [9.17, 15) is 4.79 Å². The first-order valence-corrected chi connectivity index (χ1v) is 5.00. The van der Waals surface area contributed by atoms with Crippen LogP contribution in [-0.4, -0.2) is 12.3 Å². The molecule has 0 heterocycles. The summed E-state index contributed by atoms with van der Waals surface area (Å²) < 4.78 is 0. The third-order valence-electron chi connectivity index (χ3n) is 3.21. The SMILES string of the molecule is CC1(CN)CCc2ccccc2C1=O. The Morgan fingerprint density at radius 1 is 1.43 bits per heavy atom. The fourth-order valence-corrected chi connectivity index (χ4v) is 2.00. The molecule has 74 valence electrons. The van der Waals surface area contributed by atoms with E-state index in [2.05, 4.69) is 0 Å². The second-order valence-corrected chi connectivity index (χ2v) is 4.25. The van der Waals surface area contributed by atoms with Crippen LogP contribution in [0.15, 0.2) is 24.3 Å². The number of aryl methyl sites for hydroxylation is 1. The predicted molar refractivity (Wildman–Crippen MR) is 56.3 cm³/mol. The largest absolute Gasteiger partial charge is 0.329 e. The number of Topliss-reactive ketones (excluding diaryl/α,β-unsaturated/α-hetero) is 1. The molecular weight excluding hydrogens is 174 g/mol. The van der Waals surface area contributed by atoms with Crippen LogP contribution in [0.1, 0.15) is 29.3 Å². The van der Waals surface area contributed by atoms with E-state index in [-0.39, 0.29) is 11.2 Å². The molecule has 0 fully saturated rings. The number of nitrogens with two attached hydrogens (primary N) is 1. The van der Waals surface area contributed by atoms with Crippen LogP contribution in [-0.2, 0) is 6.42 Å². The third kappa shape index (κ3) is 1.26. The molecule has 2 heteroatoms. The van der Waals surface area contributed by atoms with Gasteiger partial charge in [-0.3, -0.25) is 4.79 Å². The number of benzene rings is 1. The Morgan fingerprint density at radius 3 is 2.86 bits per heavy atom. The highest BCUT2D eigenvalue weighted by atomic mass is 16.1. The summed E-state index contributed by atoms with van der Waals surface area (Å²) in [6, 6.07) is 7.84. The van der Waals surface area contributed by atoms with E-state index >= 15 is 0 Å². The minimum absolute atomic E-state index is 0.210. The molecule has 1 atom stereocenters. The van der Waals surface area contributed by atoms with Gasteiger partial charge in [0.1, 0.15) is 0 Å². The molecule has 0 aliphatic heterocycles. The highest BCUT2D eigenvalue weighted by Crippen LogP contribution is 2.33. The molecule has 1 aliphatic carbocycles. The minimum Gasteiger partial charge on any atom is -0.329 e. The number of carbonyl (C=O) groups excluding carboxylic acids is 1. The van der Waals surface area contributed by atoms with E-state index in [1.165, 1.54) is 5.56 Å². The summed E-state index contributed by atoms with van der Waals surface area (Å²) in [6.45, 7) is 2.41. The Kier molecular flexibility index (Phi) is 2.16. The molecule has 1 aromatic rings. The fraction of sp³-hybridized carbons (Fsp3) is 0.417. The molecule has 0 aromatic heterocycles. The van der Waals surface area contributed by atoms with E-state index < -0.39 is 0 Å². The maximum absolute atomic E-state index is 12.1. The van der Waals surface area contributed by atoms with Crippen LogP contribution in [0.5, 0.6) is 0 Å². The molecule has 2 rings (SSSR count). The molecule has 0 saturated carbocycles. The summed E-state index contributed by atoms with van der Waals surface area (Å²) in [4.78, 5) is 12.1. The van der Waals surface area contributed by atoms with Crippen molar-refractivity contribution >= 4 is 5.78 Å². The lowest BCUT2D eigenvalue weighted by Crippen LogP contribution is -2.39. The van der Waals surface area contributed by atoms with Gasteiger partial charge in [0.25, 0.3) is 0 Å². The van der Waals surface area contributed by atoms with Crippen molar-refractivity contribution in [2.45, 2.75) is 19.8 Å². The molecule has 0 bridgehead atoms. The quantitative estimate of drug-likeness (QED) is 0.731. The Morgan fingerprint density at radius 2 is 2.14 bits per heavy atom. The van der Waals surface area contributed by atoms with Gasteiger partial charge in [0.15, 0.2) is 5.78 Å². The molecule has 0 radical (unpaired) electrons. The minimum atomic E-state index is -0.339. The maximum atomic E-state index is 12.1. The number of hydrogen-bond acceptors (Lipinski definition) is 2. The van der Waals surface area contributed by atoms with Gasteiger partial charge in [0.2, 0.25) is 0 Å². The molecular formula is C12H15NO. The van der Waals surface area contributed by atoms with Crippen molar-refractivity contribution in [3.63, 3.8) is 0 Å². The molecule has 1 unspecified atom stereocenters. The lowest BCUT2D eigenvalue weighted by Gasteiger charge is -2.31. The van der Waals surface area contributed by atoms with Crippen LogP contribution in [0.3, 0.4) is 0 Å². The predicted octanol–water partition coefficient (Wildman–Crippen LogP) is 1.78. The highest BCUT2D eigenvalue weighted by Gasteiger charge is 2.36. The van der Waals surface area contributed by atoms with E-state index in [1.807, 2.05) is 31.2 Å². The third-order valence-corrected chi connectivity index (χ3v) is 3.21. The van der Waals surface area contributed by atoms with E-state index in [0.29, 0.717) is 6.54 Å². The fourth-order valence-electron chi connectivity index (χ4n) is 2.00. The molecule has 0 spiro atoms. The lowest BCUT2D eigenvalue weighted by molar-refractivity contribution is 0.0797. The number of ketones is 1. The zero-order valence-electron chi connectivity index (χ0n) is 8.42. The smallest absolute Gasteiger partial charge is 0.170 e. The lowest BCUT2D eigenvalue weighted by atomic mass is 9.72. The standard InChI is InChI=1S/C12H15NO/c1-12(8-13)7-6-9-4-2-3-5-10(9)11(12)14/h2-5H,6-8,13H2,1H3. The van der Waals surface area contributed by atoms with Crippen LogP contribution < -0.4 is 5.73 Å². The first kappa shape index (κ1) is 9.41. The molecule has 1 aromatic carbocycles. The van der Waals surface area contributed by atoms with Crippen LogP contribution in [0.4, 0.5) is 0 Å². The Labute approximate surface area is 84.1 Å². The number of rotatable bonds is 1. The van der Waals surface area contributed by atoms with Gasteiger partial charge in [0, 0.05) is 17.5 Å². The van der Waals surface area contributed by atoms with Crippen molar-refractivity contribution in [3.8, 4) is 0 Å². The number of hydrogen-bond donors (Lipinski definition) is 1. The van der Waals surface area contributed by atoms with Gasteiger partial charge in [-0.15, -0.1) is 0 Å². The second-order valence-electron chi connectivity index (χ2n) is 4.25. The Bertz CT molecular complexity index is 372. The molecule has 0 saturated heterocycles. The summed E-state index contributed by atoms with van der Waals surface area (Å²) >= 11 is 0.